The molecule has 0 unspecified atom stereocenters. The second-order valence-electron chi connectivity index (χ2n) is 3.22. The number of rotatable bonds is 3. The fraction of sp³-hybridized carbons (Fsp3) is 0.273. The molecular formula is C11H13ClN2O2. The minimum absolute atomic E-state index is 0.488. The van der Waals surface area contributed by atoms with Crippen molar-refractivity contribution in [2.45, 2.75) is 13.3 Å². The molecule has 4 nitrogen and oxygen atoms in total. The second-order valence-corrected chi connectivity index (χ2v) is 3.66. The van der Waals surface area contributed by atoms with Crippen LogP contribution in [0.15, 0.2) is 24.3 Å². The molecule has 0 bridgehead atoms. The molecule has 16 heavy (non-hydrogen) atoms. The third kappa shape index (κ3) is 3.90. The minimum Gasteiger partial charge on any atom is -0.348 e. The summed E-state index contributed by atoms with van der Waals surface area (Å²) in [4.78, 5) is 22.6. The highest BCUT2D eigenvalue weighted by atomic mass is 35.5. The quantitative estimate of drug-likeness (QED) is 0.792. The van der Waals surface area contributed by atoms with Gasteiger partial charge >= 0.3 is 11.8 Å². The van der Waals surface area contributed by atoms with E-state index in [1.807, 2.05) is 6.92 Å². The van der Waals surface area contributed by atoms with Crippen molar-refractivity contribution in [1.82, 2.24) is 5.32 Å². The summed E-state index contributed by atoms with van der Waals surface area (Å²) in [5, 5.41) is 5.45. The Balaban J connectivity index is 2.54. The number of hydrogen-bond acceptors (Lipinski definition) is 2. The van der Waals surface area contributed by atoms with Crippen molar-refractivity contribution in [1.29, 1.82) is 0 Å². The summed E-state index contributed by atoms with van der Waals surface area (Å²) in [6, 6.07) is 6.62. The van der Waals surface area contributed by atoms with Crippen molar-refractivity contribution in [2.24, 2.45) is 0 Å². The maximum atomic E-state index is 11.4. The van der Waals surface area contributed by atoms with E-state index in [4.69, 9.17) is 11.6 Å². The fourth-order valence-corrected chi connectivity index (χ4v) is 1.26. The van der Waals surface area contributed by atoms with E-state index >= 15 is 0 Å². The minimum atomic E-state index is -0.685. The van der Waals surface area contributed by atoms with E-state index in [0.29, 0.717) is 17.3 Å². The Morgan fingerprint density at radius 2 is 2.06 bits per heavy atom. The molecule has 0 saturated carbocycles. The standard InChI is InChI=1S/C11H13ClN2O2/c1-2-6-13-10(15)11(16)14-9-5-3-4-8(12)7-9/h3-5,7H,2,6H2,1H3,(H,13,15)(H,14,16). The number of carbonyl (C=O) groups is 2. The molecule has 0 aliphatic rings. The summed E-state index contributed by atoms with van der Waals surface area (Å²) in [5.74, 6) is -1.32. The van der Waals surface area contributed by atoms with Crippen molar-refractivity contribution in [3.8, 4) is 0 Å². The van der Waals surface area contributed by atoms with Crippen LogP contribution in [0, 0.1) is 0 Å². The summed E-state index contributed by atoms with van der Waals surface area (Å²) >= 11 is 5.74. The molecule has 2 N–H and O–H groups in total. The average Bonchev–Trinajstić information content (AvgIpc) is 2.25. The smallest absolute Gasteiger partial charge is 0.313 e. The van der Waals surface area contributed by atoms with Crippen LogP contribution in [-0.4, -0.2) is 18.4 Å². The molecule has 5 heteroatoms. The van der Waals surface area contributed by atoms with Crippen molar-refractivity contribution in [2.75, 3.05) is 11.9 Å². The predicted octanol–water partition coefficient (Wildman–Crippen LogP) is 1.80. The van der Waals surface area contributed by atoms with Crippen LogP contribution in [0.5, 0.6) is 0 Å². The third-order valence-corrected chi connectivity index (χ3v) is 2.06. The Kier molecular flexibility index (Phi) is 4.79. The number of amides is 2. The molecule has 1 aromatic carbocycles. The van der Waals surface area contributed by atoms with E-state index < -0.39 is 11.8 Å². The maximum Gasteiger partial charge on any atom is 0.313 e. The Bertz CT molecular complexity index is 393. The molecule has 0 saturated heterocycles. The monoisotopic (exact) mass is 240 g/mol. The Morgan fingerprint density at radius 3 is 2.69 bits per heavy atom. The van der Waals surface area contributed by atoms with Crippen molar-refractivity contribution >= 4 is 29.1 Å². The number of hydrogen-bond donors (Lipinski definition) is 2. The van der Waals surface area contributed by atoms with Gasteiger partial charge in [0.05, 0.1) is 0 Å². The van der Waals surface area contributed by atoms with Crippen LogP contribution < -0.4 is 10.6 Å². The van der Waals surface area contributed by atoms with Crippen LogP contribution in [0.3, 0.4) is 0 Å². The van der Waals surface area contributed by atoms with Gasteiger partial charge < -0.3 is 10.6 Å². The van der Waals surface area contributed by atoms with Gasteiger partial charge in [-0.25, -0.2) is 0 Å². The van der Waals surface area contributed by atoms with E-state index in [-0.39, 0.29) is 0 Å². The van der Waals surface area contributed by atoms with Crippen molar-refractivity contribution < 1.29 is 9.59 Å². The topological polar surface area (TPSA) is 58.2 Å². The van der Waals surface area contributed by atoms with E-state index in [9.17, 15) is 9.59 Å². The Morgan fingerprint density at radius 1 is 1.31 bits per heavy atom. The number of benzene rings is 1. The summed E-state index contributed by atoms with van der Waals surface area (Å²) < 4.78 is 0. The zero-order valence-electron chi connectivity index (χ0n) is 8.92. The van der Waals surface area contributed by atoms with Crippen LogP contribution in [-0.2, 0) is 9.59 Å². The second kappa shape index (κ2) is 6.12. The molecule has 1 aromatic rings. The van der Waals surface area contributed by atoms with Gasteiger partial charge in [0.15, 0.2) is 0 Å². The van der Waals surface area contributed by atoms with E-state index in [1.54, 1.807) is 24.3 Å². The largest absolute Gasteiger partial charge is 0.348 e. The van der Waals surface area contributed by atoms with Crippen molar-refractivity contribution in [3.05, 3.63) is 29.3 Å². The van der Waals surface area contributed by atoms with E-state index in [0.717, 1.165) is 6.42 Å². The van der Waals surface area contributed by atoms with Gasteiger partial charge in [0.25, 0.3) is 0 Å². The predicted molar refractivity (Wildman–Crippen MR) is 63.4 cm³/mol. The number of nitrogens with one attached hydrogen (secondary N) is 2. The van der Waals surface area contributed by atoms with Crippen LogP contribution >= 0.6 is 11.6 Å². The molecule has 0 radical (unpaired) electrons. The molecule has 86 valence electrons. The highest BCUT2D eigenvalue weighted by molar-refractivity contribution is 6.39. The van der Waals surface area contributed by atoms with Gasteiger partial charge in [0.1, 0.15) is 0 Å². The van der Waals surface area contributed by atoms with E-state index in [2.05, 4.69) is 10.6 Å². The lowest BCUT2D eigenvalue weighted by Crippen LogP contribution is -2.35. The molecule has 0 atom stereocenters. The molecular weight excluding hydrogens is 228 g/mol. The first-order valence-electron chi connectivity index (χ1n) is 4.98. The fourth-order valence-electron chi connectivity index (χ4n) is 1.07. The Labute approximate surface area is 99.0 Å². The van der Waals surface area contributed by atoms with Gasteiger partial charge in [-0.15, -0.1) is 0 Å². The van der Waals surface area contributed by atoms with Crippen LogP contribution in [0.4, 0.5) is 5.69 Å². The highest BCUT2D eigenvalue weighted by Crippen LogP contribution is 2.14. The summed E-state index contributed by atoms with van der Waals surface area (Å²) in [6.07, 6.45) is 0.788. The molecule has 0 fully saturated rings. The summed E-state index contributed by atoms with van der Waals surface area (Å²) in [5.41, 5.74) is 0.504. The molecule has 0 aromatic heterocycles. The maximum absolute atomic E-state index is 11.4. The lowest BCUT2D eigenvalue weighted by atomic mass is 10.3. The first kappa shape index (κ1) is 12.5. The third-order valence-electron chi connectivity index (χ3n) is 1.82. The first-order valence-corrected chi connectivity index (χ1v) is 5.36. The SMILES string of the molecule is CCCNC(=O)C(=O)Nc1cccc(Cl)c1. The number of carbonyl (C=O) groups excluding carboxylic acids is 2. The average molecular weight is 241 g/mol. The lowest BCUT2D eigenvalue weighted by molar-refractivity contribution is -0.136. The zero-order chi connectivity index (χ0) is 12.0. The summed E-state index contributed by atoms with van der Waals surface area (Å²) in [7, 11) is 0. The molecule has 0 aliphatic heterocycles. The number of anilines is 1. The first-order chi connectivity index (χ1) is 7.63. The van der Waals surface area contributed by atoms with Crippen LogP contribution in [0.2, 0.25) is 5.02 Å². The molecule has 0 spiro atoms. The van der Waals surface area contributed by atoms with Gasteiger partial charge in [-0.1, -0.05) is 24.6 Å². The van der Waals surface area contributed by atoms with Crippen LogP contribution in [0.25, 0.3) is 0 Å². The van der Waals surface area contributed by atoms with Crippen LogP contribution in [0.1, 0.15) is 13.3 Å². The van der Waals surface area contributed by atoms with Crippen molar-refractivity contribution in [3.63, 3.8) is 0 Å². The molecule has 1 rings (SSSR count). The number of halogens is 1. The van der Waals surface area contributed by atoms with Gasteiger partial charge in [-0.05, 0) is 24.6 Å². The van der Waals surface area contributed by atoms with Gasteiger partial charge in [-0.3, -0.25) is 9.59 Å². The lowest BCUT2D eigenvalue weighted by Gasteiger charge is -2.05. The van der Waals surface area contributed by atoms with Gasteiger partial charge in [-0.2, -0.15) is 0 Å². The summed E-state index contributed by atoms with van der Waals surface area (Å²) in [6.45, 7) is 2.40. The molecule has 0 heterocycles. The van der Waals surface area contributed by atoms with Gasteiger partial charge in [0.2, 0.25) is 0 Å². The van der Waals surface area contributed by atoms with Gasteiger partial charge in [0, 0.05) is 17.3 Å². The molecule has 0 aliphatic carbocycles. The Hall–Kier alpha value is -1.55. The highest BCUT2D eigenvalue weighted by Gasteiger charge is 2.12. The normalized spacial score (nSPS) is 9.62. The molecule has 2 amide bonds. The zero-order valence-corrected chi connectivity index (χ0v) is 9.67. The van der Waals surface area contributed by atoms with E-state index in [1.165, 1.54) is 0 Å².